The monoisotopic (exact) mass is 263 g/mol. The average Bonchev–Trinajstić information content (AvgIpc) is 2.85. The fourth-order valence-corrected chi connectivity index (χ4v) is 2.85. The zero-order valence-electron chi connectivity index (χ0n) is 12.7. The summed E-state index contributed by atoms with van der Waals surface area (Å²) < 4.78 is 11.1. The fraction of sp³-hybridized carbons (Fsp3) is 0.625. The normalized spacial score (nSPS) is 22.8. The number of methoxy groups -OCH3 is 2. The van der Waals surface area contributed by atoms with Crippen molar-refractivity contribution in [3.8, 4) is 11.5 Å². The summed E-state index contributed by atoms with van der Waals surface area (Å²) >= 11 is 0. The van der Waals surface area contributed by atoms with Gasteiger partial charge in [0.25, 0.3) is 0 Å². The molecule has 2 rings (SSSR count). The molecule has 0 aliphatic carbocycles. The third-order valence-corrected chi connectivity index (χ3v) is 4.13. The maximum Gasteiger partial charge on any atom is 0.165 e. The molecule has 0 amide bonds. The molecule has 1 aromatic carbocycles. The molecule has 1 atom stereocenters. The molecule has 1 heterocycles. The van der Waals surface area contributed by atoms with Gasteiger partial charge in [0, 0.05) is 11.1 Å². The molecule has 1 saturated heterocycles. The van der Waals surface area contributed by atoms with E-state index in [4.69, 9.17) is 9.47 Å². The molecular formula is C16H25NO2. The highest BCUT2D eigenvalue weighted by Gasteiger charge is 2.34. The van der Waals surface area contributed by atoms with Crippen LogP contribution in [0.3, 0.4) is 0 Å². The number of hydrogen-bond donors (Lipinski definition) is 1. The van der Waals surface area contributed by atoms with Crippen molar-refractivity contribution in [1.29, 1.82) is 0 Å². The van der Waals surface area contributed by atoms with Crippen LogP contribution in [-0.4, -0.2) is 20.8 Å². The third-order valence-electron chi connectivity index (χ3n) is 4.13. The highest BCUT2D eigenvalue weighted by Crippen LogP contribution is 2.43. The number of benzene rings is 1. The Kier molecular flexibility index (Phi) is 4.04. The molecule has 1 unspecified atom stereocenters. The summed E-state index contributed by atoms with van der Waals surface area (Å²) in [6.07, 6.45) is 2.34. The molecule has 1 N–H and O–H groups in total. The molecule has 0 aromatic heterocycles. The summed E-state index contributed by atoms with van der Waals surface area (Å²) in [7, 11) is 3.42. The Morgan fingerprint density at radius 2 is 1.95 bits per heavy atom. The molecule has 1 aromatic rings. The van der Waals surface area contributed by atoms with Crippen LogP contribution in [0.25, 0.3) is 0 Å². The van der Waals surface area contributed by atoms with Gasteiger partial charge in [0.1, 0.15) is 0 Å². The van der Waals surface area contributed by atoms with Crippen molar-refractivity contribution in [3.63, 3.8) is 0 Å². The Morgan fingerprint density at radius 3 is 2.42 bits per heavy atom. The lowest BCUT2D eigenvalue weighted by Crippen LogP contribution is -2.33. The molecule has 1 aliphatic heterocycles. The van der Waals surface area contributed by atoms with E-state index in [1.807, 2.05) is 0 Å². The second kappa shape index (κ2) is 5.41. The fourth-order valence-electron chi connectivity index (χ4n) is 2.85. The first-order valence-electron chi connectivity index (χ1n) is 7.03. The number of nitrogens with one attached hydrogen (secondary N) is 1. The molecule has 0 spiro atoms. The number of hydrogen-bond acceptors (Lipinski definition) is 3. The minimum Gasteiger partial charge on any atom is -0.493 e. The predicted octanol–water partition coefficient (Wildman–Crippen LogP) is 3.43. The minimum absolute atomic E-state index is 0.0104. The number of rotatable bonds is 4. The van der Waals surface area contributed by atoms with Gasteiger partial charge >= 0.3 is 0 Å². The molecule has 3 nitrogen and oxygen atoms in total. The van der Waals surface area contributed by atoms with Crippen LogP contribution in [0.5, 0.6) is 11.5 Å². The van der Waals surface area contributed by atoms with Gasteiger partial charge in [-0.25, -0.2) is 0 Å². The lowest BCUT2D eigenvalue weighted by molar-refractivity contribution is 0.333. The summed E-state index contributed by atoms with van der Waals surface area (Å²) in [5.74, 6) is 2.17. The van der Waals surface area contributed by atoms with Gasteiger partial charge in [-0.3, -0.25) is 0 Å². The molecule has 0 bridgehead atoms. The van der Waals surface area contributed by atoms with Crippen LogP contribution in [0.4, 0.5) is 0 Å². The molecule has 0 radical (unpaired) electrons. The second-order valence-electron chi connectivity index (χ2n) is 5.82. The van der Waals surface area contributed by atoms with Crippen molar-refractivity contribution >= 4 is 0 Å². The van der Waals surface area contributed by atoms with Gasteiger partial charge in [-0.1, -0.05) is 13.8 Å². The summed E-state index contributed by atoms with van der Waals surface area (Å²) in [5.41, 5.74) is 2.50. The topological polar surface area (TPSA) is 30.5 Å². The smallest absolute Gasteiger partial charge is 0.165 e. The van der Waals surface area contributed by atoms with E-state index < -0.39 is 0 Å². The number of ether oxygens (including phenoxy) is 2. The third kappa shape index (κ3) is 2.57. The van der Waals surface area contributed by atoms with Crippen LogP contribution in [0.15, 0.2) is 12.1 Å². The van der Waals surface area contributed by atoms with E-state index in [9.17, 15) is 0 Å². The van der Waals surface area contributed by atoms with Gasteiger partial charge in [0.15, 0.2) is 11.5 Å². The molecule has 19 heavy (non-hydrogen) atoms. The SMILES string of the molecule is COc1cc(C(C)C)cc(C2(C)CCCN2)c1OC. The second-order valence-corrected chi connectivity index (χ2v) is 5.82. The van der Waals surface area contributed by atoms with Gasteiger partial charge < -0.3 is 14.8 Å². The Labute approximate surface area is 116 Å². The Morgan fingerprint density at radius 1 is 1.21 bits per heavy atom. The van der Waals surface area contributed by atoms with Crippen LogP contribution < -0.4 is 14.8 Å². The van der Waals surface area contributed by atoms with E-state index in [1.54, 1.807) is 14.2 Å². The summed E-state index contributed by atoms with van der Waals surface area (Å²) in [6.45, 7) is 7.72. The van der Waals surface area contributed by atoms with E-state index in [0.717, 1.165) is 24.5 Å². The minimum atomic E-state index is -0.0104. The predicted molar refractivity (Wildman–Crippen MR) is 78.2 cm³/mol. The average molecular weight is 263 g/mol. The Bertz CT molecular complexity index is 448. The van der Waals surface area contributed by atoms with Gasteiger partial charge in [0.05, 0.1) is 14.2 Å². The summed E-state index contributed by atoms with van der Waals surface area (Å²) in [5, 5.41) is 3.61. The zero-order chi connectivity index (χ0) is 14.0. The van der Waals surface area contributed by atoms with Crippen LogP contribution in [0, 0.1) is 0 Å². The van der Waals surface area contributed by atoms with Gasteiger partial charge in [0.2, 0.25) is 0 Å². The molecule has 0 saturated carbocycles. The summed E-state index contributed by atoms with van der Waals surface area (Å²) in [6, 6.07) is 4.36. The van der Waals surface area contributed by atoms with Crippen molar-refractivity contribution in [2.24, 2.45) is 0 Å². The standard InChI is InChI=1S/C16H25NO2/c1-11(2)12-9-13(16(3)7-6-8-17-16)15(19-5)14(10-12)18-4/h9-11,17H,6-8H2,1-5H3. The van der Waals surface area contributed by atoms with Crippen molar-refractivity contribution in [2.75, 3.05) is 20.8 Å². The lowest BCUT2D eigenvalue weighted by Gasteiger charge is -2.29. The zero-order valence-corrected chi connectivity index (χ0v) is 12.7. The lowest BCUT2D eigenvalue weighted by atomic mass is 9.86. The maximum atomic E-state index is 5.61. The van der Waals surface area contributed by atoms with Crippen LogP contribution >= 0.6 is 0 Å². The van der Waals surface area contributed by atoms with Gasteiger partial charge in [-0.15, -0.1) is 0 Å². The van der Waals surface area contributed by atoms with Crippen molar-refractivity contribution in [1.82, 2.24) is 5.32 Å². The van der Waals surface area contributed by atoms with Crippen LogP contribution in [0.2, 0.25) is 0 Å². The maximum absolute atomic E-state index is 5.61. The molecule has 3 heteroatoms. The van der Waals surface area contributed by atoms with E-state index in [1.165, 1.54) is 17.5 Å². The summed E-state index contributed by atoms with van der Waals surface area (Å²) in [4.78, 5) is 0. The first-order chi connectivity index (χ1) is 9.01. The first-order valence-corrected chi connectivity index (χ1v) is 7.03. The largest absolute Gasteiger partial charge is 0.493 e. The van der Waals surface area contributed by atoms with Crippen LogP contribution in [0.1, 0.15) is 50.7 Å². The van der Waals surface area contributed by atoms with Gasteiger partial charge in [-0.2, -0.15) is 0 Å². The van der Waals surface area contributed by atoms with E-state index in [2.05, 4.69) is 38.2 Å². The molecule has 1 aliphatic rings. The first kappa shape index (κ1) is 14.2. The quantitative estimate of drug-likeness (QED) is 0.903. The Balaban J connectivity index is 2.58. The molecule has 1 fully saturated rings. The van der Waals surface area contributed by atoms with Gasteiger partial charge in [-0.05, 0) is 49.9 Å². The van der Waals surface area contributed by atoms with E-state index in [-0.39, 0.29) is 5.54 Å². The van der Waals surface area contributed by atoms with Crippen molar-refractivity contribution in [2.45, 2.75) is 45.1 Å². The van der Waals surface area contributed by atoms with Crippen molar-refractivity contribution in [3.05, 3.63) is 23.3 Å². The van der Waals surface area contributed by atoms with E-state index in [0.29, 0.717) is 5.92 Å². The molecular weight excluding hydrogens is 238 g/mol. The van der Waals surface area contributed by atoms with Crippen LogP contribution in [-0.2, 0) is 5.54 Å². The van der Waals surface area contributed by atoms with Crippen molar-refractivity contribution < 1.29 is 9.47 Å². The molecule has 106 valence electrons. The highest BCUT2D eigenvalue weighted by molar-refractivity contribution is 5.53. The van der Waals surface area contributed by atoms with E-state index >= 15 is 0 Å². The highest BCUT2D eigenvalue weighted by atomic mass is 16.5. The Hall–Kier alpha value is -1.22.